The number of nitrogens with zero attached hydrogens (tertiary/aromatic N) is 1. The molecule has 1 heterocycles. The van der Waals surface area contributed by atoms with Crippen molar-refractivity contribution in [2.75, 3.05) is 5.43 Å². The van der Waals surface area contributed by atoms with E-state index in [1.165, 1.54) is 6.07 Å². The number of nitrogens with one attached hydrogen (secondary N) is 1. The second-order valence-corrected chi connectivity index (χ2v) is 4.94. The number of hydrogen-bond donors (Lipinski definition) is 1. The molecule has 0 aliphatic rings. The third kappa shape index (κ3) is 2.69. The topological polar surface area (TPSA) is 17.0 Å². The van der Waals surface area contributed by atoms with Crippen LogP contribution in [0.15, 0.2) is 34.8 Å². The van der Waals surface area contributed by atoms with Crippen molar-refractivity contribution in [2.24, 2.45) is 0 Å². The van der Waals surface area contributed by atoms with E-state index < -0.39 is 0 Å². The number of benzene rings is 1. The van der Waals surface area contributed by atoms with Crippen molar-refractivity contribution in [2.45, 2.75) is 20.4 Å². The molecule has 0 bridgehead atoms. The Kier molecular flexibility index (Phi) is 3.52. The largest absolute Gasteiger partial charge is 0.321 e. The predicted octanol–water partition coefficient (Wildman–Crippen LogP) is 3.75. The van der Waals surface area contributed by atoms with Gasteiger partial charge in [-0.25, -0.2) is 4.39 Å². The minimum Gasteiger partial charge on any atom is -0.321 e. The Morgan fingerprint density at radius 1 is 1.18 bits per heavy atom. The van der Waals surface area contributed by atoms with Crippen LogP contribution in [0.2, 0.25) is 0 Å². The normalized spacial score (nSPS) is 10.6. The molecule has 0 aliphatic carbocycles. The lowest BCUT2D eigenvalue weighted by molar-refractivity contribution is 0.607. The van der Waals surface area contributed by atoms with Crippen LogP contribution in [0.4, 0.5) is 4.39 Å². The molecule has 0 spiro atoms. The van der Waals surface area contributed by atoms with Gasteiger partial charge in [-0.3, -0.25) is 4.68 Å². The monoisotopic (exact) mass is 296 g/mol. The minimum absolute atomic E-state index is 0.192. The van der Waals surface area contributed by atoms with Crippen LogP contribution in [-0.4, -0.2) is 4.68 Å². The van der Waals surface area contributed by atoms with Gasteiger partial charge in [0.1, 0.15) is 5.82 Å². The van der Waals surface area contributed by atoms with Crippen LogP contribution in [0.5, 0.6) is 0 Å². The molecule has 90 valence electrons. The molecule has 17 heavy (non-hydrogen) atoms. The van der Waals surface area contributed by atoms with Crippen molar-refractivity contribution in [3.05, 3.63) is 57.6 Å². The summed E-state index contributed by atoms with van der Waals surface area (Å²) >= 11 is 3.34. The molecular weight excluding hydrogens is 283 g/mol. The van der Waals surface area contributed by atoms with Crippen molar-refractivity contribution in [3.63, 3.8) is 0 Å². The number of halogens is 2. The maximum Gasteiger partial charge on any atom is 0.128 e. The van der Waals surface area contributed by atoms with Gasteiger partial charge in [-0.1, -0.05) is 15.9 Å². The van der Waals surface area contributed by atoms with E-state index in [0.29, 0.717) is 12.1 Å². The molecule has 2 aromatic rings. The van der Waals surface area contributed by atoms with Gasteiger partial charge >= 0.3 is 0 Å². The van der Waals surface area contributed by atoms with E-state index in [4.69, 9.17) is 0 Å². The molecule has 4 heteroatoms. The van der Waals surface area contributed by atoms with E-state index >= 15 is 0 Å². The Morgan fingerprint density at radius 2 is 1.82 bits per heavy atom. The lowest BCUT2D eigenvalue weighted by Gasteiger charge is -2.13. The van der Waals surface area contributed by atoms with Gasteiger partial charge in [0.05, 0.1) is 6.54 Å². The van der Waals surface area contributed by atoms with Crippen LogP contribution >= 0.6 is 15.9 Å². The van der Waals surface area contributed by atoms with Gasteiger partial charge in [0, 0.05) is 21.4 Å². The summed E-state index contributed by atoms with van der Waals surface area (Å²) in [4.78, 5) is 0. The van der Waals surface area contributed by atoms with Crippen LogP contribution < -0.4 is 5.43 Å². The van der Waals surface area contributed by atoms with Crippen molar-refractivity contribution < 1.29 is 4.39 Å². The predicted molar refractivity (Wildman–Crippen MR) is 71.1 cm³/mol. The zero-order valence-electron chi connectivity index (χ0n) is 9.80. The van der Waals surface area contributed by atoms with Crippen LogP contribution in [0, 0.1) is 19.7 Å². The maximum absolute atomic E-state index is 13.5. The summed E-state index contributed by atoms with van der Waals surface area (Å²) in [6, 6.07) is 9.01. The molecule has 1 aromatic carbocycles. The van der Waals surface area contributed by atoms with E-state index in [2.05, 4.69) is 21.4 Å². The summed E-state index contributed by atoms with van der Waals surface area (Å²) < 4.78 is 16.4. The maximum atomic E-state index is 13.5. The smallest absolute Gasteiger partial charge is 0.128 e. The summed E-state index contributed by atoms with van der Waals surface area (Å²) in [6.07, 6.45) is 0. The van der Waals surface area contributed by atoms with Gasteiger partial charge in [0.15, 0.2) is 0 Å². The molecule has 0 fully saturated rings. The SMILES string of the molecule is Cc1ccc(C)n1NCc1cc(Br)ccc1F. The Labute approximate surface area is 109 Å². The average molecular weight is 297 g/mol. The van der Waals surface area contributed by atoms with E-state index in [-0.39, 0.29) is 5.82 Å². The first-order valence-corrected chi connectivity index (χ1v) is 6.20. The van der Waals surface area contributed by atoms with E-state index in [0.717, 1.165) is 15.9 Å². The molecule has 0 radical (unpaired) electrons. The summed E-state index contributed by atoms with van der Waals surface area (Å²) in [6.45, 7) is 4.48. The minimum atomic E-state index is -0.192. The molecule has 0 atom stereocenters. The second-order valence-electron chi connectivity index (χ2n) is 4.02. The number of rotatable bonds is 3. The van der Waals surface area contributed by atoms with Gasteiger partial charge in [0.25, 0.3) is 0 Å². The summed E-state index contributed by atoms with van der Waals surface area (Å²) in [5, 5.41) is 0. The number of aryl methyl sites for hydroxylation is 2. The first kappa shape index (κ1) is 12.2. The summed E-state index contributed by atoms with van der Waals surface area (Å²) in [5.74, 6) is -0.192. The number of hydrogen-bond acceptors (Lipinski definition) is 1. The molecule has 0 aliphatic heterocycles. The highest BCUT2D eigenvalue weighted by Crippen LogP contribution is 2.16. The Bertz CT molecular complexity index is 515. The zero-order chi connectivity index (χ0) is 12.4. The molecule has 0 saturated heterocycles. The van der Waals surface area contributed by atoms with E-state index in [1.807, 2.05) is 30.7 Å². The van der Waals surface area contributed by atoms with Crippen LogP contribution in [0.25, 0.3) is 0 Å². The average Bonchev–Trinajstić information content (AvgIpc) is 2.61. The zero-order valence-corrected chi connectivity index (χ0v) is 11.4. The first-order valence-electron chi connectivity index (χ1n) is 5.40. The third-order valence-corrected chi connectivity index (χ3v) is 3.20. The van der Waals surface area contributed by atoms with Crippen molar-refractivity contribution in [1.29, 1.82) is 0 Å². The van der Waals surface area contributed by atoms with Crippen molar-refractivity contribution in [1.82, 2.24) is 4.68 Å². The molecular formula is C13H14BrFN2. The fourth-order valence-electron chi connectivity index (χ4n) is 1.76. The molecule has 0 unspecified atom stereocenters. The summed E-state index contributed by atoms with van der Waals surface area (Å²) in [5.41, 5.74) is 6.06. The molecule has 1 aromatic heterocycles. The highest BCUT2D eigenvalue weighted by Gasteiger charge is 2.04. The van der Waals surface area contributed by atoms with Gasteiger partial charge in [0.2, 0.25) is 0 Å². The number of aromatic nitrogens is 1. The van der Waals surface area contributed by atoms with Crippen molar-refractivity contribution >= 4 is 15.9 Å². The standard InChI is InChI=1S/C13H14BrFN2/c1-9-3-4-10(2)17(9)16-8-11-7-12(14)5-6-13(11)15/h3-7,16H,8H2,1-2H3. The first-order chi connectivity index (χ1) is 8.08. The molecule has 0 saturated carbocycles. The molecule has 2 nitrogen and oxygen atoms in total. The highest BCUT2D eigenvalue weighted by molar-refractivity contribution is 9.10. The quantitative estimate of drug-likeness (QED) is 0.913. The van der Waals surface area contributed by atoms with Crippen molar-refractivity contribution in [3.8, 4) is 0 Å². The molecule has 2 rings (SSSR count). The lowest BCUT2D eigenvalue weighted by Crippen LogP contribution is -2.17. The van der Waals surface area contributed by atoms with Crippen LogP contribution in [0.3, 0.4) is 0 Å². The Morgan fingerprint density at radius 3 is 2.47 bits per heavy atom. The van der Waals surface area contributed by atoms with Gasteiger partial charge in [-0.15, -0.1) is 0 Å². The second kappa shape index (κ2) is 4.92. The Balaban J connectivity index is 2.15. The van der Waals surface area contributed by atoms with Gasteiger partial charge in [-0.2, -0.15) is 0 Å². The fraction of sp³-hybridized carbons (Fsp3) is 0.231. The van der Waals surface area contributed by atoms with Gasteiger partial charge in [-0.05, 0) is 44.2 Å². The van der Waals surface area contributed by atoms with Gasteiger partial charge < -0.3 is 5.43 Å². The molecule has 1 N–H and O–H groups in total. The Hall–Kier alpha value is -1.29. The fourth-order valence-corrected chi connectivity index (χ4v) is 2.17. The van der Waals surface area contributed by atoms with E-state index in [1.54, 1.807) is 12.1 Å². The third-order valence-electron chi connectivity index (χ3n) is 2.71. The van der Waals surface area contributed by atoms with Crippen LogP contribution in [-0.2, 0) is 6.54 Å². The molecule has 0 amide bonds. The summed E-state index contributed by atoms with van der Waals surface area (Å²) in [7, 11) is 0. The highest BCUT2D eigenvalue weighted by atomic mass is 79.9. The van der Waals surface area contributed by atoms with Crippen LogP contribution in [0.1, 0.15) is 17.0 Å². The lowest BCUT2D eigenvalue weighted by atomic mass is 10.2. The van der Waals surface area contributed by atoms with E-state index in [9.17, 15) is 4.39 Å².